The number of halogens is 1. The van der Waals surface area contributed by atoms with E-state index < -0.39 is 10.0 Å². The second kappa shape index (κ2) is 5.51. The fourth-order valence-electron chi connectivity index (χ4n) is 2.15. The van der Waals surface area contributed by atoms with Crippen LogP contribution in [0, 0.1) is 0 Å². The van der Waals surface area contributed by atoms with Gasteiger partial charge in [0, 0.05) is 11.1 Å². The van der Waals surface area contributed by atoms with Gasteiger partial charge in [-0.25, -0.2) is 0 Å². The van der Waals surface area contributed by atoms with E-state index in [4.69, 9.17) is 11.6 Å². The predicted octanol–water partition coefficient (Wildman–Crippen LogP) is 3.18. The maximum absolute atomic E-state index is 12.4. The highest BCUT2D eigenvalue weighted by molar-refractivity contribution is 7.90. The number of ketones is 1. The largest absolute Gasteiger partial charge is 0.288 e. The Bertz CT molecular complexity index is 915. The second-order valence-corrected chi connectivity index (χ2v) is 6.64. The second-order valence-electron chi connectivity index (χ2n) is 4.63. The molecule has 2 aromatic carbocycles. The average Bonchev–Trinajstić information content (AvgIpc) is 2.53. The van der Waals surface area contributed by atoms with Crippen molar-refractivity contribution < 1.29 is 13.2 Å². The number of benzene rings is 2. The summed E-state index contributed by atoms with van der Waals surface area (Å²) < 4.78 is 28.5. The summed E-state index contributed by atoms with van der Waals surface area (Å²) in [4.78, 5) is 12.1. The molecule has 0 N–H and O–H groups in total. The van der Waals surface area contributed by atoms with Crippen molar-refractivity contribution in [2.75, 3.05) is 0 Å². The molecule has 0 unspecified atom stereocenters. The number of fused-ring (bicyclic) bond motifs is 1. The molecule has 1 aliphatic rings. The van der Waals surface area contributed by atoms with Gasteiger partial charge in [0.2, 0.25) is 5.78 Å². The Balaban J connectivity index is 2.18. The number of nitrogens with zero attached hydrogens (tertiary/aromatic N) is 1. The summed E-state index contributed by atoms with van der Waals surface area (Å²) in [5.74, 6) is -0.340. The van der Waals surface area contributed by atoms with Crippen LogP contribution >= 0.6 is 11.6 Å². The average molecular weight is 332 g/mol. The Labute approximate surface area is 132 Å². The fraction of sp³-hybridized carbons (Fsp3) is 0. The first-order chi connectivity index (χ1) is 10.5. The number of hydrogen-bond acceptors (Lipinski definition) is 3. The summed E-state index contributed by atoms with van der Waals surface area (Å²) in [6.07, 6.45) is 1.28. The molecular weight excluding hydrogens is 322 g/mol. The third-order valence-electron chi connectivity index (χ3n) is 3.19. The zero-order chi connectivity index (χ0) is 15.7. The molecule has 110 valence electrons. The molecule has 22 heavy (non-hydrogen) atoms. The van der Waals surface area contributed by atoms with E-state index in [0.717, 1.165) is 0 Å². The Morgan fingerprint density at radius 2 is 1.45 bits per heavy atom. The quantitative estimate of drug-likeness (QED) is 0.849. The lowest BCUT2D eigenvalue weighted by molar-refractivity contribution is 0.104. The van der Waals surface area contributed by atoms with E-state index in [0.29, 0.717) is 11.1 Å². The van der Waals surface area contributed by atoms with E-state index in [9.17, 15) is 13.2 Å². The molecule has 0 aliphatic heterocycles. The molecule has 2 aromatic rings. The zero-order valence-corrected chi connectivity index (χ0v) is 12.8. The van der Waals surface area contributed by atoms with E-state index in [-0.39, 0.29) is 21.4 Å². The van der Waals surface area contributed by atoms with Gasteiger partial charge < -0.3 is 0 Å². The van der Waals surface area contributed by atoms with E-state index in [1.54, 1.807) is 42.5 Å². The van der Waals surface area contributed by atoms with Gasteiger partial charge in [-0.15, -0.1) is 0 Å². The van der Waals surface area contributed by atoms with Crippen LogP contribution in [0.25, 0.3) is 0 Å². The van der Waals surface area contributed by atoms with Gasteiger partial charge in [-0.3, -0.25) is 4.79 Å². The summed E-state index contributed by atoms with van der Waals surface area (Å²) in [6, 6.07) is 14.5. The molecule has 1 aliphatic carbocycles. The van der Waals surface area contributed by atoms with E-state index in [1.165, 1.54) is 18.2 Å². The minimum atomic E-state index is -3.87. The highest BCUT2D eigenvalue weighted by Gasteiger charge is 2.24. The van der Waals surface area contributed by atoms with Gasteiger partial charge in [0.15, 0.2) is 0 Å². The van der Waals surface area contributed by atoms with Crippen LogP contribution in [0.5, 0.6) is 0 Å². The standard InChI is InChI=1S/C16H10ClNO3S/c17-14-10-15(12-8-4-5-9-13(12)16(14)19)18-22(20,21)11-6-2-1-3-7-11/h1-10H. The van der Waals surface area contributed by atoms with Crippen LogP contribution in [0.4, 0.5) is 0 Å². The Morgan fingerprint density at radius 3 is 2.14 bits per heavy atom. The van der Waals surface area contributed by atoms with Crippen molar-refractivity contribution in [1.29, 1.82) is 0 Å². The fourth-order valence-corrected chi connectivity index (χ4v) is 3.37. The summed E-state index contributed by atoms with van der Waals surface area (Å²) >= 11 is 5.90. The molecule has 0 spiro atoms. The van der Waals surface area contributed by atoms with Gasteiger partial charge in [-0.05, 0) is 18.2 Å². The molecule has 0 atom stereocenters. The summed E-state index contributed by atoms with van der Waals surface area (Å²) in [6.45, 7) is 0. The first-order valence-corrected chi connectivity index (χ1v) is 8.22. The van der Waals surface area contributed by atoms with Gasteiger partial charge in [-0.2, -0.15) is 12.8 Å². The van der Waals surface area contributed by atoms with Crippen LogP contribution in [-0.4, -0.2) is 19.9 Å². The van der Waals surface area contributed by atoms with Gasteiger partial charge in [-0.1, -0.05) is 54.1 Å². The van der Waals surface area contributed by atoms with Gasteiger partial charge in [0.1, 0.15) is 0 Å². The Hall–Kier alpha value is -2.24. The number of allylic oxidation sites excluding steroid dienone is 2. The van der Waals surface area contributed by atoms with Crippen LogP contribution in [0.3, 0.4) is 0 Å². The molecule has 6 heteroatoms. The number of sulfonamides is 1. The Kier molecular flexibility index (Phi) is 3.68. The first kappa shape index (κ1) is 14.7. The topological polar surface area (TPSA) is 63.6 Å². The summed E-state index contributed by atoms with van der Waals surface area (Å²) in [7, 11) is -3.87. The monoisotopic (exact) mass is 331 g/mol. The zero-order valence-electron chi connectivity index (χ0n) is 11.2. The number of rotatable bonds is 2. The van der Waals surface area contributed by atoms with Gasteiger partial charge in [0.25, 0.3) is 10.0 Å². The molecule has 0 radical (unpaired) electrons. The third kappa shape index (κ3) is 2.61. The number of carbonyl (C=O) groups is 1. The molecular formula is C16H10ClNO3S. The van der Waals surface area contributed by atoms with Crippen LogP contribution in [-0.2, 0) is 10.0 Å². The van der Waals surface area contributed by atoms with Crippen LogP contribution < -0.4 is 0 Å². The summed E-state index contributed by atoms with van der Waals surface area (Å²) in [5.41, 5.74) is 0.956. The molecule has 0 heterocycles. The minimum absolute atomic E-state index is 0.0549. The van der Waals surface area contributed by atoms with Crippen molar-refractivity contribution in [3.8, 4) is 0 Å². The molecule has 0 saturated heterocycles. The third-order valence-corrected chi connectivity index (χ3v) is 4.77. The van der Waals surface area contributed by atoms with E-state index in [1.807, 2.05) is 0 Å². The highest BCUT2D eigenvalue weighted by atomic mass is 35.5. The SMILES string of the molecule is O=C1C(Cl)=CC(=NS(=O)(=O)c2ccccc2)c2ccccc21. The van der Waals surface area contributed by atoms with Gasteiger partial charge >= 0.3 is 0 Å². The smallest absolute Gasteiger partial charge is 0.282 e. The molecule has 0 aromatic heterocycles. The van der Waals surface area contributed by atoms with Crippen molar-refractivity contribution in [2.24, 2.45) is 4.40 Å². The summed E-state index contributed by atoms with van der Waals surface area (Å²) in [5, 5.41) is -0.0549. The number of carbonyl (C=O) groups excluding carboxylic acids is 1. The first-order valence-electron chi connectivity index (χ1n) is 6.40. The maximum atomic E-state index is 12.4. The van der Waals surface area contributed by atoms with E-state index >= 15 is 0 Å². The van der Waals surface area contributed by atoms with Crippen molar-refractivity contribution in [1.82, 2.24) is 0 Å². The molecule has 3 rings (SSSR count). The minimum Gasteiger partial charge on any atom is -0.288 e. The lowest BCUT2D eigenvalue weighted by atomic mass is 9.94. The lowest BCUT2D eigenvalue weighted by Gasteiger charge is -2.13. The van der Waals surface area contributed by atoms with Crippen molar-refractivity contribution >= 4 is 33.1 Å². The van der Waals surface area contributed by atoms with Crippen molar-refractivity contribution in [2.45, 2.75) is 4.90 Å². The van der Waals surface area contributed by atoms with Crippen molar-refractivity contribution in [3.05, 3.63) is 76.8 Å². The van der Waals surface area contributed by atoms with Crippen LogP contribution in [0.2, 0.25) is 0 Å². The molecule has 4 nitrogen and oxygen atoms in total. The molecule has 0 fully saturated rings. The normalized spacial score (nSPS) is 16.3. The molecule has 0 saturated carbocycles. The van der Waals surface area contributed by atoms with Crippen LogP contribution in [0.1, 0.15) is 15.9 Å². The Morgan fingerprint density at radius 1 is 0.864 bits per heavy atom. The lowest BCUT2D eigenvalue weighted by Crippen LogP contribution is -2.16. The highest BCUT2D eigenvalue weighted by Crippen LogP contribution is 2.25. The number of hydrogen-bond donors (Lipinski definition) is 0. The van der Waals surface area contributed by atoms with E-state index in [2.05, 4.69) is 4.40 Å². The van der Waals surface area contributed by atoms with Gasteiger partial charge in [0.05, 0.1) is 15.6 Å². The molecule has 0 bridgehead atoms. The molecule has 0 amide bonds. The van der Waals surface area contributed by atoms with Crippen molar-refractivity contribution in [3.63, 3.8) is 0 Å². The van der Waals surface area contributed by atoms with Crippen LogP contribution in [0.15, 0.2) is 75.0 Å². The number of Topliss-reactive ketones (excluding diaryl/α,β-unsaturated/α-hetero) is 1. The maximum Gasteiger partial charge on any atom is 0.282 e. The predicted molar refractivity (Wildman–Crippen MR) is 84.9 cm³/mol.